The summed E-state index contributed by atoms with van der Waals surface area (Å²) in [6.45, 7) is 17.5. The van der Waals surface area contributed by atoms with Crippen LogP contribution in [-0.4, -0.2) is 24.2 Å². The molecule has 106 valence electrons. The predicted octanol–water partition coefficient (Wildman–Crippen LogP) is 2.39. The van der Waals surface area contributed by atoms with E-state index < -0.39 is 7.87 Å². The first kappa shape index (κ1) is 17.3. The van der Waals surface area contributed by atoms with E-state index in [9.17, 15) is 0 Å². The summed E-state index contributed by atoms with van der Waals surface area (Å²) in [7, 11) is -2.05. The first-order valence-electron chi connectivity index (χ1n) is 6.77. The first-order chi connectivity index (χ1) is 7.67. The monoisotopic (exact) mass is 264 g/mol. The summed E-state index contributed by atoms with van der Waals surface area (Å²) in [4.78, 5) is 0. The van der Waals surface area contributed by atoms with Gasteiger partial charge in [-0.2, -0.15) is 0 Å². The van der Waals surface area contributed by atoms with Crippen LogP contribution < -0.4 is 20.3 Å². The SMILES string of the molecule is CC(C)N[PH](NC(C)C)(NC(C)C)NC(C)C. The normalized spacial score (nSPS) is 14.4. The van der Waals surface area contributed by atoms with Crippen LogP contribution in [0.15, 0.2) is 0 Å². The Morgan fingerprint density at radius 2 is 0.647 bits per heavy atom. The standard InChI is InChI=1S/C12H33N4P/c1-9(2)13-17(14-10(3)4,15-11(5)6)16-12(7)8/h9-17H,1-8H3. The summed E-state index contributed by atoms with van der Waals surface area (Å²) in [6.07, 6.45) is 0. The Bertz CT molecular complexity index is 159. The molecule has 17 heavy (non-hydrogen) atoms. The molecule has 0 heterocycles. The molecule has 0 atom stereocenters. The molecular weight excluding hydrogens is 231 g/mol. The average Bonchev–Trinajstić information content (AvgIpc) is 1.95. The first-order valence-corrected chi connectivity index (χ1v) is 8.77. The third-order valence-electron chi connectivity index (χ3n) is 2.02. The van der Waals surface area contributed by atoms with E-state index in [4.69, 9.17) is 0 Å². The third kappa shape index (κ3) is 8.06. The second kappa shape index (κ2) is 7.65. The summed E-state index contributed by atoms with van der Waals surface area (Å²) in [5.74, 6) is 0. The van der Waals surface area contributed by atoms with E-state index >= 15 is 0 Å². The number of nitrogens with one attached hydrogen (secondary N) is 4. The van der Waals surface area contributed by atoms with E-state index in [-0.39, 0.29) is 0 Å². The van der Waals surface area contributed by atoms with Gasteiger partial charge in [0.15, 0.2) is 0 Å². The van der Waals surface area contributed by atoms with E-state index in [0.29, 0.717) is 24.2 Å². The van der Waals surface area contributed by atoms with Crippen LogP contribution in [-0.2, 0) is 0 Å². The van der Waals surface area contributed by atoms with Gasteiger partial charge in [0.25, 0.3) is 0 Å². The van der Waals surface area contributed by atoms with Crippen molar-refractivity contribution in [3.8, 4) is 0 Å². The van der Waals surface area contributed by atoms with Crippen molar-refractivity contribution in [2.45, 2.75) is 79.6 Å². The molecule has 4 N–H and O–H groups in total. The van der Waals surface area contributed by atoms with Gasteiger partial charge in [0.2, 0.25) is 0 Å². The zero-order valence-corrected chi connectivity index (χ0v) is 13.8. The van der Waals surface area contributed by atoms with Gasteiger partial charge in [-0.3, -0.25) is 0 Å². The van der Waals surface area contributed by atoms with Crippen LogP contribution in [0.3, 0.4) is 0 Å². The van der Waals surface area contributed by atoms with Crippen molar-refractivity contribution >= 4 is 7.87 Å². The van der Waals surface area contributed by atoms with Gasteiger partial charge in [0.05, 0.1) is 0 Å². The minimum atomic E-state index is -2.05. The van der Waals surface area contributed by atoms with Crippen LogP contribution in [0.5, 0.6) is 0 Å². The Kier molecular flexibility index (Phi) is 7.77. The molecule has 0 saturated heterocycles. The molecule has 0 aliphatic heterocycles. The van der Waals surface area contributed by atoms with E-state index in [1.807, 2.05) is 0 Å². The van der Waals surface area contributed by atoms with Gasteiger partial charge in [-0.1, -0.05) is 0 Å². The molecule has 0 amide bonds. The van der Waals surface area contributed by atoms with E-state index in [1.165, 1.54) is 0 Å². The number of hydrogen-bond donors (Lipinski definition) is 4. The van der Waals surface area contributed by atoms with Gasteiger partial charge in [-0.05, 0) is 0 Å². The second-order valence-electron chi connectivity index (χ2n) is 5.95. The molecule has 0 fully saturated rings. The van der Waals surface area contributed by atoms with Crippen molar-refractivity contribution in [2.24, 2.45) is 0 Å². The fourth-order valence-corrected chi connectivity index (χ4v) is 5.95. The quantitative estimate of drug-likeness (QED) is 0.508. The Hall–Kier alpha value is 0.270. The van der Waals surface area contributed by atoms with Crippen LogP contribution in [0.25, 0.3) is 0 Å². The second-order valence-corrected chi connectivity index (χ2v) is 8.60. The van der Waals surface area contributed by atoms with Crippen LogP contribution in [0.2, 0.25) is 0 Å². The molecule has 0 bridgehead atoms. The molecule has 0 aliphatic rings. The van der Waals surface area contributed by atoms with Crippen LogP contribution >= 0.6 is 7.87 Å². The molecule has 0 radical (unpaired) electrons. The van der Waals surface area contributed by atoms with Gasteiger partial charge in [0.1, 0.15) is 0 Å². The summed E-state index contributed by atoms with van der Waals surface area (Å²) >= 11 is 0. The van der Waals surface area contributed by atoms with E-state index in [2.05, 4.69) is 75.7 Å². The molecule has 5 heteroatoms. The van der Waals surface area contributed by atoms with Gasteiger partial charge in [0, 0.05) is 0 Å². The Morgan fingerprint density at radius 3 is 0.765 bits per heavy atom. The Labute approximate surface area is 108 Å². The molecule has 4 nitrogen and oxygen atoms in total. The van der Waals surface area contributed by atoms with E-state index in [1.54, 1.807) is 0 Å². The summed E-state index contributed by atoms with van der Waals surface area (Å²) < 4.78 is 0. The van der Waals surface area contributed by atoms with Crippen LogP contribution in [0, 0.1) is 0 Å². The summed E-state index contributed by atoms with van der Waals surface area (Å²) in [5, 5.41) is 14.8. The fourth-order valence-electron chi connectivity index (χ4n) is 1.98. The van der Waals surface area contributed by atoms with E-state index in [0.717, 1.165) is 0 Å². The molecule has 0 unspecified atom stereocenters. The summed E-state index contributed by atoms with van der Waals surface area (Å²) in [5.41, 5.74) is 0. The van der Waals surface area contributed by atoms with Gasteiger partial charge >= 0.3 is 108 Å². The van der Waals surface area contributed by atoms with Crippen molar-refractivity contribution in [1.29, 1.82) is 0 Å². The van der Waals surface area contributed by atoms with Crippen molar-refractivity contribution in [3.05, 3.63) is 0 Å². The number of rotatable bonds is 8. The molecule has 0 aromatic carbocycles. The molecule has 0 saturated carbocycles. The topological polar surface area (TPSA) is 48.1 Å². The molecule has 0 spiro atoms. The summed E-state index contributed by atoms with van der Waals surface area (Å²) in [6, 6.07) is 1.80. The van der Waals surface area contributed by atoms with Crippen molar-refractivity contribution in [1.82, 2.24) is 20.3 Å². The minimum absolute atomic E-state index is 0.449. The number of hydrogen-bond acceptors (Lipinski definition) is 4. The maximum atomic E-state index is 3.69. The van der Waals surface area contributed by atoms with Gasteiger partial charge in [-0.25, -0.2) is 0 Å². The Morgan fingerprint density at radius 1 is 0.471 bits per heavy atom. The van der Waals surface area contributed by atoms with Crippen molar-refractivity contribution < 1.29 is 0 Å². The van der Waals surface area contributed by atoms with Crippen LogP contribution in [0.4, 0.5) is 0 Å². The van der Waals surface area contributed by atoms with Gasteiger partial charge < -0.3 is 0 Å². The average molecular weight is 264 g/mol. The van der Waals surface area contributed by atoms with Gasteiger partial charge in [-0.15, -0.1) is 0 Å². The zero-order valence-electron chi connectivity index (χ0n) is 12.8. The maximum absolute atomic E-state index is 3.69. The molecule has 0 aliphatic carbocycles. The third-order valence-corrected chi connectivity index (χ3v) is 6.06. The van der Waals surface area contributed by atoms with Crippen molar-refractivity contribution in [2.75, 3.05) is 0 Å². The zero-order chi connectivity index (χ0) is 13.6. The molecular formula is C12H33N4P. The van der Waals surface area contributed by atoms with Crippen molar-refractivity contribution in [3.63, 3.8) is 0 Å². The molecule has 0 aromatic rings. The van der Waals surface area contributed by atoms with Crippen LogP contribution in [0.1, 0.15) is 55.4 Å². The Balaban J connectivity index is 4.89. The molecule has 0 aromatic heterocycles. The predicted molar refractivity (Wildman–Crippen MR) is 81.4 cm³/mol. The molecule has 0 rings (SSSR count). The fraction of sp³-hybridized carbons (Fsp3) is 1.00.